The zero-order valence-corrected chi connectivity index (χ0v) is 10.8. The van der Waals surface area contributed by atoms with Gasteiger partial charge in [-0.1, -0.05) is 26.0 Å². The lowest BCUT2D eigenvalue weighted by molar-refractivity contribution is 0.0731. The van der Waals surface area contributed by atoms with Crippen LogP contribution < -0.4 is 0 Å². The lowest BCUT2D eigenvalue weighted by atomic mass is 9.95. The van der Waals surface area contributed by atoms with Crippen molar-refractivity contribution in [2.45, 2.75) is 52.1 Å². The van der Waals surface area contributed by atoms with Gasteiger partial charge in [-0.3, -0.25) is 0 Å². The summed E-state index contributed by atoms with van der Waals surface area (Å²) in [5, 5.41) is 9.69. The largest absolute Gasteiger partial charge is 0.394 e. The van der Waals surface area contributed by atoms with Gasteiger partial charge < -0.3 is 10.0 Å². The van der Waals surface area contributed by atoms with Gasteiger partial charge in [0.15, 0.2) is 0 Å². The molecule has 2 nitrogen and oxygen atoms in total. The van der Waals surface area contributed by atoms with Crippen LogP contribution in [0.15, 0.2) is 23.4 Å². The Balaban J connectivity index is 2.45. The molecular formula is C14H23NO. The molecule has 2 unspecified atom stereocenters. The van der Waals surface area contributed by atoms with Crippen molar-refractivity contribution < 1.29 is 5.11 Å². The molecule has 3 atom stereocenters. The Hall–Kier alpha value is -0.760. The maximum absolute atomic E-state index is 9.69. The summed E-state index contributed by atoms with van der Waals surface area (Å²) in [5.41, 5.74) is 2.75. The van der Waals surface area contributed by atoms with Crippen molar-refractivity contribution in [2.24, 2.45) is 5.92 Å². The molecule has 2 heteroatoms. The Morgan fingerprint density at radius 3 is 2.81 bits per heavy atom. The molecule has 0 saturated carbocycles. The molecule has 1 N–H and O–H groups in total. The van der Waals surface area contributed by atoms with E-state index in [9.17, 15) is 5.11 Å². The first kappa shape index (κ1) is 11.7. The summed E-state index contributed by atoms with van der Waals surface area (Å²) >= 11 is 0. The standard InChI is InChI=1S/C14H23NO/c1-5-12-7-6-10(2)13-11(3)8-14(4,9-16)15(12)13/h6-7,11-12,16H,5,8-9H2,1-4H3/t11-,12?,14?/m0/s1. The molecule has 0 radical (unpaired) electrons. The van der Waals surface area contributed by atoms with Crippen molar-refractivity contribution in [3.05, 3.63) is 23.4 Å². The van der Waals surface area contributed by atoms with E-state index in [2.05, 4.69) is 44.7 Å². The van der Waals surface area contributed by atoms with Crippen LogP contribution in [0.1, 0.15) is 40.5 Å². The van der Waals surface area contributed by atoms with Crippen LogP contribution in [0.5, 0.6) is 0 Å². The highest BCUT2D eigenvalue weighted by Gasteiger charge is 2.46. The molecule has 16 heavy (non-hydrogen) atoms. The van der Waals surface area contributed by atoms with Gasteiger partial charge in [0, 0.05) is 11.7 Å². The van der Waals surface area contributed by atoms with Crippen LogP contribution in [0.2, 0.25) is 0 Å². The van der Waals surface area contributed by atoms with Crippen LogP contribution in [0.3, 0.4) is 0 Å². The lowest BCUT2D eigenvalue weighted by Gasteiger charge is -2.43. The Kier molecular flexibility index (Phi) is 2.87. The molecule has 2 aliphatic heterocycles. The fraction of sp³-hybridized carbons (Fsp3) is 0.714. The minimum atomic E-state index is -0.0680. The van der Waals surface area contributed by atoms with Crippen LogP contribution in [-0.4, -0.2) is 28.2 Å². The van der Waals surface area contributed by atoms with Crippen LogP contribution in [0, 0.1) is 5.92 Å². The highest BCUT2D eigenvalue weighted by atomic mass is 16.3. The summed E-state index contributed by atoms with van der Waals surface area (Å²) in [5.74, 6) is 0.566. The molecule has 0 aromatic carbocycles. The monoisotopic (exact) mass is 221 g/mol. The van der Waals surface area contributed by atoms with Crippen molar-refractivity contribution in [1.29, 1.82) is 0 Å². The van der Waals surface area contributed by atoms with E-state index in [4.69, 9.17) is 0 Å². The molecule has 0 aromatic heterocycles. The van der Waals surface area contributed by atoms with Crippen molar-refractivity contribution in [2.75, 3.05) is 6.61 Å². The first-order chi connectivity index (χ1) is 7.53. The maximum atomic E-state index is 9.69. The average molecular weight is 221 g/mol. The van der Waals surface area contributed by atoms with Gasteiger partial charge >= 0.3 is 0 Å². The molecule has 1 saturated heterocycles. The second-order valence-electron chi connectivity index (χ2n) is 5.53. The fourth-order valence-corrected chi connectivity index (χ4v) is 3.43. The predicted octanol–water partition coefficient (Wildman–Crippen LogP) is 2.70. The fourth-order valence-electron chi connectivity index (χ4n) is 3.43. The lowest BCUT2D eigenvalue weighted by Crippen LogP contribution is -2.49. The van der Waals surface area contributed by atoms with Gasteiger partial charge in [0.05, 0.1) is 12.1 Å². The molecule has 2 heterocycles. The summed E-state index contributed by atoms with van der Waals surface area (Å²) in [7, 11) is 0. The molecule has 0 bridgehead atoms. The van der Waals surface area contributed by atoms with Gasteiger partial charge in [0.25, 0.3) is 0 Å². The second-order valence-corrected chi connectivity index (χ2v) is 5.53. The van der Waals surface area contributed by atoms with E-state index in [0.29, 0.717) is 12.0 Å². The van der Waals surface area contributed by atoms with Gasteiger partial charge in [0.1, 0.15) is 0 Å². The van der Waals surface area contributed by atoms with Gasteiger partial charge in [0.2, 0.25) is 0 Å². The summed E-state index contributed by atoms with van der Waals surface area (Å²) in [6, 6.07) is 0.459. The third-order valence-electron chi connectivity index (χ3n) is 4.12. The quantitative estimate of drug-likeness (QED) is 0.775. The Morgan fingerprint density at radius 1 is 1.56 bits per heavy atom. The SMILES string of the molecule is CCC1C=CC(C)=C2[C@@H](C)CC(C)(CO)N21. The van der Waals surface area contributed by atoms with Crippen LogP contribution in [0.25, 0.3) is 0 Å². The van der Waals surface area contributed by atoms with E-state index in [0.717, 1.165) is 12.8 Å². The van der Waals surface area contributed by atoms with Gasteiger partial charge in [-0.05, 0) is 38.2 Å². The number of nitrogens with zero attached hydrogens (tertiary/aromatic N) is 1. The Labute approximate surface area is 98.6 Å². The smallest absolute Gasteiger partial charge is 0.0661 e. The van der Waals surface area contributed by atoms with Crippen molar-refractivity contribution in [3.8, 4) is 0 Å². The number of hydrogen-bond donors (Lipinski definition) is 1. The number of aliphatic hydroxyl groups excluding tert-OH is 1. The molecule has 90 valence electrons. The molecule has 2 aliphatic rings. The van der Waals surface area contributed by atoms with Crippen molar-refractivity contribution >= 4 is 0 Å². The third-order valence-corrected chi connectivity index (χ3v) is 4.12. The minimum absolute atomic E-state index is 0.0680. The van der Waals surface area contributed by atoms with Gasteiger partial charge in [-0.2, -0.15) is 0 Å². The molecule has 0 amide bonds. The highest BCUT2D eigenvalue weighted by Crippen LogP contribution is 2.45. The maximum Gasteiger partial charge on any atom is 0.0661 e. The molecule has 0 aromatic rings. The number of rotatable bonds is 2. The van der Waals surface area contributed by atoms with Crippen molar-refractivity contribution in [1.82, 2.24) is 4.90 Å². The average Bonchev–Trinajstić information content (AvgIpc) is 2.54. The van der Waals surface area contributed by atoms with Crippen LogP contribution >= 0.6 is 0 Å². The molecule has 1 fully saturated rings. The summed E-state index contributed by atoms with van der Waals surface area (Å²) in [4.78, 5) is 2.47. The van der Waals surface area contributed by atoms with E-state index < -0.39 is 0 Å². The molecular weight excluding hydrogens is 198 g/mol. The topological polar surface area (TPSA) is 23.5 Å². The second kappa shape index (κ2) is 3.92. The molecule has 2 rings (SSSR count). The Bertz CT molecular complexity index is 345. The highest BCUT2D eigenvalue weighted by molar-refractivity contribution is 5.35. The van der Waals surface area contributed by atoms with E-state index >= 15 is 0 Å². The van der Waals surface area contributed by atoms with Gasteiger partial charge in [-0.25, -0.2) is 0 Å². The predicted molar refractivity (Wildman–Crippen MR) is 67.0 cm³/mol. The number of fused-ring (bicyclic) bond motifs is 1. The summed E-state index contributed by atoms with van der Waals surface area (Å²) in [6.07, 6.45) is 6.70. The number of hydrogen-bond acceptors (Lipinski definition) is 2. The first-order valence-electron chi connectivity index (χ1n) is 6.32. The zero-order chi connectivity index (χ0) is 11.9. The van der Waals surface area contributed by atoms with E-state index in [1.807, 2.05) is 0 Å². The van der Waals surface area contributed by atoms with Crippen molar-refractivity contribution in [3.63, 3.8) is 0 Å². The Morgan fingerprint density at radius 2 is 2.25 bits per heavy atom. The van der Waals surface area contributed by atoms with Crippen LogP contribution in [-0.2, 0) is 0 Å². The summed E-state index contributed by atoms with van der Waals surface area (Å²) in [6.45, 7) is 9.11. The van der Waals surface area contributed by atoms with E-state index in [1.54, 1.807) is 0 Å². The van der Waals surface area contributed by atoms with Crippen LogP contribution in [0.4, 0.5) is 0 Å². The number of allylic oxidation sites excluding steroid dienone is 3. The van der Waals surface area contributed by atoms with E-state index in [1.165, 1.54) is 11.3 Å². The minimum Gasteiger partial charge on any atom is -0.394 e. The molecule has 0 spiro atoms. The zero-order valence-electron chi connectivity index (χ0n) is 10.8. The first-order valence-corrected chi connectivity index (χ1v) is 6.32. The van der Waals surface area contributed by atoms with Gasteiger partial charge in [-0.15, -0.1) is 0 Å². The third kappa shape index (κ3) is 1.51. The molecule has 0 aliphatic carbocycles. The van der Waals surface area contributed by atoms with E-state index in [-0.39, 0.29) is 12.1 Å². The number of aliphatic hydroxyl groups is 1. The normalized spacial score (nSPS) is 38.2. The summed E-state index contributed by atoms with van der Waals surface area (Å²) < 4.78 is 0.